The van der Waals surface area contributed by atoms with Gasteiger partial charge in [-0.1, -0.05) is 13.0 Å². The molecular weight excluding hydrogens is 230 g/mol. The number of aromatic hydroxyl groups is 1. The van der Waals surface area contributed by atoms with Gasteiger partial charge in [-0.3, -0.25) is 4.79 Å². The van der Waals surface area contributed by atoms with Gasteiger partial charge >= 0.3 is 0 Å². The van der Waals surface area contributed by atoms with Crippen molar-refractivity contribution in [1.82, 2.24) is 5.32 Å². The Balaban J connectivity index is 2.60. The molecule has 18 heavy (non-hydrogen) atoms. The largest absolute Gasteiger partial charge is 0.508 e. The maximum atomic E-state index is 11.9. The highest BCUT2D eigenvalue weighted by Gasteiger charge is 2.22. The number of benzene rings is 1. The van der Waals surface area contributed by atoms with Crippen molar-refractivity contribution in [3.63, 3.8) is 0 Å². The van der Waals surface area contributed by atoms with E-state index in [1.54, 1.807) is 25.1 Å². The van der Waals surface area contributed by atoms with E-state index in [0.717, 1.165) is 6.42 Å². The third-order valence-electron chi connectivity index (χ3n) is 2.85. The lowest BCUT2D eigenvalue weighted by Crippen LogP contribution is -2.48. The van der Waals surface area contributed by atoms with Gasteiger partial charge in [-0.25, -0.2) is 0 Å². The Hall–Kier alpha value is -1.71. The Bertz CT molecular complexity index is 415. The normalized spacial score (nSPS) is 12.9. The fourth-order valence-corrected chi connectivity index (χ4v) is 1.34. The van der Waals surface area contributed by atoms with E-state index >= 15 is 0 Å². The molecule has 0 fully saturated rings. The van der Waals surface area contributed by atoms with Crippen molar-refractivity contribution in [2.24, 2.45) is 0 Å². The van der Waals surface area contributed by atoms with Gasteiger partial charge in [0.15, 0.2) is 6.10 Å². The van der Waals surface area contributed by atoms with E-state index in [1.165, 1.54) is 6.07 Å². The number of phenolic OH excluding ortho intramolecular Hbond substituents is 1. The lowest BCUT2D eigenvalue weighted by Gasteiger charge is -2.26. The number of hydrogen-bond acceptors (Lipinski definition) is 3. The Morgan fingerprint density at radius 3 is 2.72 bits per heavy atom. The second-order valence-corrected chi connectivity index (χ2v) is 4.98. The summed E-state index contributed by atoms with van der Waals surface area (Å²) in [5.41, 5.74) is -0.243. The SMILES string of the molecule is CCC(C)(C)NC(=O)C(C)Oc1cccc(O)c1. The highest BCUT2D eigenvalue weighted by molar-refractivity contribution is 5.81. The monoisotopic (exact) mass is 251 g/mol. The first-order chi connectivity index (χ1) is 8.34. The Morgan fingerprint density at radius 1 is 1.50 bits per heavy atom. The summed E-state index contributed by atoms with van der Waals surface area (Å²) in [5, 5.41) is 12.2. The second kappa shape index (κ2) is 5.76. The summed E-state index contributed by atoms with van der Waals surface area (Å²) in [7, 11) is 0. The van der Waals surface area contributed by atoms with E-state index in [9.17, 15) is 9.90 Å². The van der Waals surface area contributed by atoms with E-state index < -0.39 is 6.10 Å². The van der Waals surface area contributed by atoms with Gasteiger partial charge in [-0.15, -0.1) is 0 Å². The van der Waals surface area contributed by atoms with E-state index in [-0.39, 0.29) is 17.2 Å². The minimum Gasteiger partial charge on any atom is -0.508 e. The molecule has 4 heteroatoms. The molecular formula is C14H21NO3. The summed E-state index contributed by atoms with van der Waals surface area (Å²) < 4.78 is 5.48. The van der Waals surface area contributed by atoms with Crippen LogP contribution in [0.25, 0.3) is 0 Å². The highest BCUT2D eigenvalue weighted by Crippen LogP contribution is 2.19. The molecule has 1 amide bonds. The quantitative estimate of drug-likeness (QED) is 0.845. The van der Waals surface area contributed by atoms with Crippen LogP contribution in [-0.4, -0.2) is 22.7 Å². The fraction of sp³-hybridized carbons (Fsp3) is 0.500. The first-order valence-electron chi connectivity index (χ1n) is 6.12. The van der Waals surface area contributed by atoms with Crippen LogP contribution >= 0.6 is 0 Å². The molecule has 0 aliphatic heterocycles. The summed E-state index contributed by atoms with van der Waals surface area (Å²) in [5.74, 6) is 0.436. The summed E-state index contributed by atoms with van der Waals surface area (Å²) >= 11 is 0. The second-order valence-electron chi connectivity index (χ2n) is 4.98. The molecule has 0 aliphatic carbocycles. The van der Waals surface area contributed by atoms with Crippen LogP contribution in [0.5, 0.6) is 11.5 Å². The molecule has 0 heterocycles. The number of carbonyl (C=O) groups is 1. The van der Waals surface area contributed by atoms with Gasteiger partial charge in [0.05, 0.1) is 0 Å². The van der Waals surface area contributed by atoms with Crippen molar-refractivity contribution in [3.05, 3.63) is 24.3 Å². The average molecular weight is 251 g/mol. The first kappa shape index (κ1) is 14.4. The molecule has 2 N–H and O–H groups in total. The Morgan fingerprint density at radius 2 is 2.17 bits per heavy atom. The molecule has 0 bridgehead atoms. The number of amides is 1. The molecule has 1 unspecified atom stereocenters. The molecule has 1 atom stereocenters. The topological polar surface area (TPSA) is 58.6 Å². The molecule has 0 saturated carbocycles. The molecule has 0 spiro atoms. The number of rotatable bonds is 5. The van der Waals surface area contributed by atoms with E-state index in [4.69, 9.17) is 4.74 Å². The van der Waals surface area contributed by atoms with E-state index in [2.05, 4.69) is 5.32 Å². The van der Waals surface area contributed by atoms with Gasteiger partial charge in [0.2, 0.25) is 0 Å². The molecule has 0 radical (unpaired) electrons. The minimum atomic E-state index is -0.599. The predicted molar refractivity (Wildman–Crippen MR) is 70.7 cm³/mol. The molecule has 0 aromatic heterocycles. The van der Waals surface area contributed by atoms with Crippen LogP contribution in [0.2, 0.25) is 0 Å². The van der Waals surface area contributed by atoms with Crippen LogP contribution in [-0.2, 0) is 4.79 Å². The highest BCUT2D eigenvalue weighted by atomic mass is 16.5. The zero-order valence-corrected chi connectivity index (χ0v) is 11.4. The molecule has 4 nitrogen and oxygen atoms in total. The van der Waals surface area contributed by atoms with Gasteiger partial charge in [0, 0.05) is 11.6 Å². The third-order valence-corrected chi connectivity index (χ3v) is 2.85. The zero-order valence-electron chi connectivity index (χ0n) is 11.4. The van der Waals surface area contributed by atoms with Gasteiger partial charge in [-0.05, 0) is 39.3 Å². The summed E-state index contributed by atoms with van der Waals surface area (Å²) in [6.45, 7) is 7.63. The van der Waals surface area contributed by atoms with Gasteiger partial charge in [0.25, 0.3) is 5.91 Å². The third kappa shape index (κ3) is 4.28. The van der Waals surface area contributed by atoms with E-state index in [0.29, 0.717) is 5.75 Å². The van der Waals surface area contributed by atoms with Gasteiger partial charge < -0.3 is 15.2 Å². The molecule has 1 rings (SSSR count). The van der Waals surface area contributed by atoms with Crippen LogP contribution in [0.1, 0.15) is 34.1 Å². The van der Waals surface area contributed by atoms with Crippen LogP contribution in [0.3, 0.4) is 0 Å². The van der Waals surface area contributed by atoms with Gasteiger partial charge in [0.1, 0.15) is 11.5 Å². The Labute approximate surface area is 108 Å². The van der Waals surface area contributed by atoms with E-state index in [1.807, 2.05) is 20.8 Å². The lowest BCUT2D eigenvalue weighted by atomic mass is 10.0. The van der Waals surface area contributed by atoms with Crippen LogP contribution in [0.15, 0.2) is 24.3 Å². The van der Waals surface area contributed by atoms with Gasteiger partial charge in [-0.2, -0.15) is 0 Å². The maximum absolute atomic E-state index is 11.9. The van der Waals surface area contributed by atoms with Crippen LogP contribution in [0.4, 0.5) is 0 Å². The standard InChI is InChI=1S/C14H21NO3/c1-5-14(3,4)15-13(17)10(2)18-12-8-6-7-11(16)9-12/h6-10,16H,5H2,1-4H3,(H,15,17). The van der Waals surface area contributed by atoms with Crippen molar-refractivity contribution in [1.29, 1.82) is 0 Å². The van der Waals surface area contributed by atoms with Crippen molar-refractivity contribution in [3.8, 4) is 11.5 Å². The lowest BCUT2D eigenvalue weighted by molar-refractivity contribution is -0.128. The fourth-order valence-electron chi connectivity index (χ4n) is 1.34. The number of nitrogens with one attached hydrogen (secondary N) is 1. The van der Waals surface area contributed by atoms with Crippen LogP contribution < -0.4 is 10.1 Å². The average Bonchev–Trinajstić information content (AvgIpc) is 2.28. The van der Waals surface area contributed by atoms with Crippen molar-refractivity contribution >= 4 is 5.91 Å². The molecule has 100 valence electrons. The minimum absolute atomic E-state index is 0.119. The number of hydrogen-bond donors (Lipinski definition) is 2. The zero-order chi connectivity index (χ0) is 13.8. The van der Waals surface area contributed by atoms with Crippen molar-refractivity contribution in [2.45, 2.75) is 45.8 Å². The molecule has 0 saturated heterocycles. The van der Waals surface area contributed by atoms with Crippen molar-refractivity contribution < 1.29 is 14.6 Å². The molecule has 1 aromatic rings. The predicted octanol–water partition coefficient (Wildman–Crippen LogP) is 2.46. The number of ether oxygens (including phenoxy) is 1. The smallest absolute Gasteiger partial charge is 0.261 e. The number of phenols is 1. The number of carbonyl (C=O) groups excluding carboxylic acids is 1. The van der Waals surface area contributed by atoms with Crippen molar-refractivity contribution in [2.75, 3.05) is 0 Å². The molecule has 1 aromatic carbocycles. The first-order valence-corrected chi connectivity index (χ1v) is 6.12. The summed E-state index contributed by atoms with van der Waals surface area (Å²) in [4.78, 5) is 11.9. The summed E-state index contributed by atoms with van der Waals surface area (Å²) in [6, 6.07) is 6.41. The maximum Gasteiger partial charge on any atom is 0.261 e. The molecule has 0 aliphatic rings. The Kier molecular flexibility index (Phi) is 4.59. The summed E-state index contributed by atoms with van der Waals surface area (Å²) in [6.07, 6.45) is 0.245. The van der Waals surface area contributed by atoms with Crippen LogP contribution in [0, 0.1) is 0 Å².